The first-order chi connectivity index (χ1) is 18.8. The van der Waals surface area contributed by atoms with Crippen molar-refractivity contribution < 1.29 is 35.9 Å². The zero-order valence-electron chi connectivity index (χ0n) is 23.4. The van der Waals surface area contributed by atoms with Crippen LogP contribution in [-0.4, -0.2) is 57.7 Å². The lowest BCUT2D eigenvalue weighted by Crippen LogP contribution is -2.34. The number of carbonyl (C=O) groups is 1. The van der Waals surface area contributed by atoms with Gasteiger partial charge in [0.1, 0.15) is 5.75 Å². The Morgan fingerprint density at radius 1 is 1.18 bits per heavy atom. The summed E-state index contributed by atoms with van der Waals surface area (Å²) in [6.45, 7) is 5.81. The minimum Gasteiger partial charge on any atom is -0.496 e. The molecule has 0 radical (unpaired) electrons. The van der Waals surface area contributed by atoms with Crippen LogP contribution in [0.1, 0.15) is 62.5 Å². The van der Waals surface area contributed by atoms with Gasteiger partial charge in [-0.05, 0) is 48.8 Å². The Hall–Kier alpha value is -2.44. The van der Waals surface area contributed by atoms with Crippen LogP contribution in [0.5, 0.6) is 5.75 Å². The zero-order valence-corrected chi connectivity index (χ0v) is 25.0. The van der Waals surface area contributed by atoms with E-state index < -0.39 is 23.2 Å². The first kappa shape index (κ1) is 33.8. The van der Waals surface area contributed by atoms with Gasteiger partial charge >= 0.3 is 17.7 Å². The number of alkyl halides is 3. The Kier molecular flexibility index (Phi) is 12.6. The molecule has 0 spiro atoms. The molecule has 3 rings (SSSR count). The van der Waals surface area contributed by atoms with Crippen molar-refractivity contribution in [3.05, 3.63) is 34.5 Å². The third-order valence-electron chi connectivity index (χ3n) is 7.24. The smallest absolute Gasteiger partial charge is 0.394 e. The first-order valence-corrected chi connectivity index (χ1v) is 14.0. The summed E-state index contributed by atoms with van der Waals surface area (Å²) in [5.74, 6) is 1.15. The van der Waals surface area contributed by atoms with E-state index in [9.17, 15) is 18.0 Å². The van der Waals surface area contributed by atoms with Crippen LogP contribution in [0.25, 0.3) is 11.3 Å². The Morgan fingerprint density at radius 3 is 2.35 bits per heavy atom. The molecule has 1 aliphatic carbocycles. The lowest BCUT2D eigenvalue weighted by Gasteiger charge is -2.28. The Bertz CT molecular complexity index is 1170. The number of amides is 1. The predicted molar refractivity (Wildman–Crippen MR) is 147 cm³/mol. The highest BCUT2D eigenvalue weighted by Gasteiger charge is 2.47. The molecule has 0 bridgehead atoms. The number of hydrogen-bond acceptors (Lipinski definition) is 6. The minimum atomic E-state index is -4.35. The molecule has 40 heavy (non-hydrogen) atoms. The van der Waals surface area contributed by atoms with Crippen LogP contribution < -0.4 is 10.1 Å². The number of benzene rings is 1. The average molecular weight is 608 g/mol. The van der Waals surface area contributed by atoms with Crippen molar-refractivity contribution in [1.82, 2.24) is 15.1 Å². The minimum absolute atomic E-state index is 0.0984. The number of aromatic nitrogens is 2. The van der Waals surface area contributed by atoms with Crippen molar-refractivity contribution in [1.29, 1.82) is 0 Å². The number of nitrogens with zero attached hydrogens (tertiary/aromatic N) is 2. The monoisotopic (exact) mass is 607 g/mol. The van der Waals surface area contributed by atoms with Crippen LogP contribution in [0.2, 0.25) is 5.02 Å². The molecular weight excluding hydrogens is 571 g/mol. The first-order valence-electron chi connectivity index (χ1n) is 13.0. The van der Waals surface area contributed by atoms with Gasteiger partial charge in [-0.3, -0.25) is 9.48 Å². The molecule has 1 N–H and O–H groups in total. The summed E-state index contributed by atoms with van der Waals surface area (Å²) in [6.07, 6.45) is -0.0780. The maximum absolute atomic E-state index is 13.4. The van der Waals surface area contributed by atoms with Crippen molar-refractivity contribution >= 4 is 29.1 Å². The van der Waals surface area contributed by atoms with Crippen molar-refractivity contribution in [2.24, 2.45) is 17.3 Å². The molecule has 1 amide bonds. The molecule has 1 aromatic heterocycles. The topological polar surface area (TPSA) is 99.5 Å². The van der Waals surface area contributed by atoms with Gasteiger partial charge in [0.15, 0.2) is 5.69 Å². The summed E-state index contributed by atoms with van der Waals surface area (Å²) < 4.78 is 69.2. The van der Waals surface area contributed by atoms with Gasteiger partial charge in [-0.15, -0.1) is 0 Å². The van der Waals surface area contributed by atoms with E-state index >= 15 is 0 Å². The van der Waals surface area contributed by atoms with Gasteiger partial charge < -0.3 is 14.8 Å². The Balaban J connectivity index is 0.00000178. The lowest BCUT2D eigenvalue weighted by atomic mass is 9.83. The number of hydrogen-bond donors (Lipinski definition) is 1. The summed E-state index contributed by atoms with van der Waals surface area (Å²) in [5.41, 5.74) is -0.346. The molecule has 1 fully saturated rings. The molecule has 1 heterocycles. The van der Waals surface area contributed by atoms with Gasteiger partial charge in [0, 0.05) is 19.2 Å². The van der Waals surface area contributed by atoms with Crippen LogP contribution >= 0.6 is 11.6 Å². The Labute approximate surface area is 241 Å². The van der Waals surface area contributed by atoms with E-state index in [0.717, 1.165) is 31.6 Å². The van der Waals surface area contributed by atoms with Crippen molar-refractivity contribution in [2.45, 2.75) is 65.6 Å². The molecule has 0 atom stereocenters. The molecule has 2 aromatic rings. The predicted octanol–water partition coefficient (Wildman–Crippen LogP) is 5.88. The summed E-state index contributed by atoms with van der Waals surface area (Å²) in [7, 11) is 3.00. The molecular formula is C27H37ClF3N3O5S. The normalized spacial score (nSPS) is 17.5. The molecule has 0 aliphatic heterocycles. The fourth-order valence-corrected chi connectivity index (χ4v) is 5.01. The number of halogens is 4. The molecule has 8 nitrogen and oxygen atoms in total. The number of ether oxygens (including phenoxy) is 2. The van der Waals surface area contributed by atoms with Gasteiger partial charge in [0.2, 0.25) is 0 Å². The van der Waals surface area contributed by atoms with Crippen LogP contribution in [0.3, 0.4) is 0 Å². The number of nitrogens with one attached hydrogen (secondary N) is 1. The third-order valence-corrected chi connectivity index (χ3v) is 7.60. The van der Waals surface area contributed by atoms with E-state index in [-0.39, 0.29) is 23.0 Å². The standard InChI is InChI=1S/C27H37ClF3N3O3.O2S/c1-17-6-8-18(9-7-17)16-32-25(35)23-22(28)24(34(33-23)12-13-36-4)20-11-10-19(14-21(20)37-5)15-26(2,3)27(29,30)31;1-3-2/h10-11,14,17-18H,6-9,12-13,15-16H2,1-5H3,(H,32,35);. The highest BCUT2D eigenvalue weighted by atomic mass is 35.5. The van der Waals surface area contributed by atoms with Gasteiger partial charge in [0.05, 0.1) is 36.4 Å². The maximum Gasteiger partial charge on any atom is 0.394 e. The van der Waals surface area contributed by atoms with Crippen molar-refractivity contribution in [2.75, 3.05) is 27.4 Å². The Morgan fingerprint density at radius 2 is 1.80 bits per heavy atom. The van der Waals surface area contributed by atoms with Gasteiger partial charge in [-0.25, -0.2) is 0 Å². The fourth-order valence-electron chi connectivity index (χ4n) is 4.69. The van der Waals surface area contributed by atoms with E-state index in [1.807, 2.05) is 0 Å². The molecule has 1 saturated carbocycles. The highest BCUT2D eigenvalue weighted by Crippen LogP contribution is 2.42. The molecule has 13 heteroatoms. The van der Waals surface area contributed by atoms with Crippen LogP contribution in [0.15, 0.2) is 18.2 Å². The van der Waals surface area contributed by atoms with Crippen molar-refractivity contribution in [3.8, 4) is 17.0 Å². The third kappa shape index (κ3) is 8.78. The van der Waals surface area contributed by atoms with E-state index in [2.05, 4.69) is 17.3 Å². The highest BCUT2D eigenvalue weighted by molar-refractivity contribution is 7.51. The average Bonchev–Trinajstić information content (AvgIpc) is 3.22. The summed E-state index contributed by atoms with van der Waals surface area (Å²) >= 11 is 5.97. The van der Waals surface area contributed by atoms with E-state index in [1.54, 1.807) is 30.0 Å². The number of carbonyl (C=O) groups excluding carboxylic acids is 1. The second-order valence-electron chi connectivity index (χ2n) is 10.7. The molecule has 224 valence electrons. The second kappa shape index (κ2) is 15.0. The van der Waals surface area contributed by atoms with Gasteiger partial charge in [-0.2, -0.15) is 26.7 Å². The molecule has 1 aromatic carbocycles. The SMILES string of the molecule is COCCn1nc(C(=O)NCC2CCC(C)CC2)c(Cl)c1-c1ccc(CC(C)(C)C(F)(F)F)cc1OC.O=S=O. The van der Waals surface area contributed by atoms with Gasteiger partial charge in [-0.1, -0.05) is 51.3 Å². The second-order valence-corrected chi connectivity index (χ2v) is 11.2. The zero-order chi connectivity index (χ0) is 30.1. The largest absolute Gasteiger partial charge is 0.496 e. The summed E-state index contributed by atoms with van der Waals surface area (Å²) in [5, 5.41) is 7.62. The van der Waals surface area contributed by atoms with E-state index in [1.165, 1.54) is 21.0 Å². The lowest BCUT2D eigenvalue weighted by molar-refractivity contribution is -0.211. The quantitative estimate of drug-likeness (QED) is 0.362. The fraction of sp³-hybridized carbons (Fsp3) is 0.630. The van der Waals surface area contributed by atoms with Crippen LogP contribution in [0, 0.1) is 17.3 Å². The summed E-state index contributed by atoms with van der Waals surface area (Å²) in [4.78, 5) is 13.1. The summed E-state index contributed by atoms with van der Waals surface area (Å²) in [6, 6.07) is 4.87. The molecule has 0 unspecified atom stereocenters. The maximum atomic E-state index is 13.4. The van der Waals surface area contributed by atoms with Crippen molar-refractivity contribution in [3.63, 3.8) is 0 Å². The molecule has 0 saturated heterocycles. The number of methoxy groups -OCH3 is 2. The van der Waals surface area contributed by atoms with Gasteiger partial charge in [0.25, 0.3) is 5.91 Å². The van der Waals surface area contributed by atoms with Crippen LogP contribution in [-0.2, 0) is 29.3 Å². The molecule has 1 aliphatic rings. The van der Waals surface area contributed by atoms with E-state index in [4.69, 9.17) is 29.5 Å². The van der Waals surface area contributed by atoms with Crippen LogP contribution in [0.4, 0.5) is 13.2 Å². The van der Waals surface area contributed by atoms with E-state index in [0.29, 0.717) is 48.2 Å². The number of rotatable bonds is 10.